The van der Waals surface area contributed by atoms with Crippen LogP contribution in [0.4, 0.5) is 10.1 Å². The summed E-state index contributed by atoms with van der Waals surface area (Å²) in [6, 6.07) is 16.1. The van der Waals surface area contributed by atoms with E-state index in [2.05, 4.69) is 9.88 Å². The van der Waals surface area contributed by atoms with Gasteiger partial charge in [-0.3, -0.25) is 9.69 Å². The van der Waals surface area contributed by atoms with Crippen LogP contribution in [-0.2, 0) is 5.41 Å². The van der Waals surface area contributed by atoms with E-state index in [9.17, 15) is 4.79 Å². The van der Waals surface area contributed by atoms with Gasteiger partial charge in [0.25, 0.3) is 5.91 Å². The SMILES string of the molecule is O=C(c1ccnc(Cl)c1)N1C[C@]2(CCN(C/C=C/c3ccc(Cl)cc3)C[C@H]2F)c2cc(Cl)ccc21. The van der Waals surface area contributed by atoms with Crippen molar-refractivity contribution in [3.05, 3.63) is 98.8 Å². The van der Waals surface area contributed by atoms with Gasteiger partial charge in [0.1, 0.15) is 11.3 Å². The van der Waals surface area contributed by atoms with E-state index in [0.717, 1.165) is 11.1 Å². The van der Waals surface area contributed by atoms with Crippen molar-refractivity contribution in [3.8, 4) is 0 Å². The van der Waals surface area contributed by atoms with Crippen molar-refractivity contribution in [1.29, 1.82) is 0 Å². The van der Waals surface area contributed by atoms with Crippen molar-refractivity contribution in [2.75, 3.05) is 31.1 Å². The number of benzene rings is 2. The summed E-state index contributed by atoms with van der Waals surface area (Å²) in [7, 11) is 0. The number of rotatable bonds is 4. The van der Waals surface area contributed by atoms with Gasteiger partial charge in [-0.1, -0.05) is 59.1 Å². The monoisotopic (exact) mass is 529 g/mol. The van der Waals surface area contributed by atoms with Crippen LogP contribution in [0.3, 0.4) is 0 Å². The number of amides is 1. The molecule has 8 heteroatoms. The first-order valence-electron chi connectivity index (χ1n) is 11.4. The Bertz CT molecular complexity index is 1280. The normalized spacial score (nSPS) is 22.2. The molecule has 4 nitrogen and oxygen atoms in total. The molecule has 0 unspecified atom stereocenters. The minimum Gasteiger partial charge on any atom is -0.307 e. The van der Waals surface area contributed by atoms with E-state index in [0.29, 0.717) is 40.8 Å². The van der Waals surface area contributed by atoms with Crippen LogP contribution in [0.5, 0.6) is 0 Å². The molecular weight excluding hydrogens is 508 g/mol. The Balaban J connectivity index is 1.35. The Morgan fingerprint density at radius 1 is 1.09 bits per heavy atom. The van der Waals surface area contributed by atoms with Gasteiger partial charge in [-0.25, -0.2) is 9.37 Å². The van der Waals surface area contributed by atoms with Gasteiger partial charge >= 0.3 is 0 Å². The molecule has 1 aromatic heterocycles. The van der Waals surface area contributed by atoms with Gasteiger partial charge in [-0.15, -0.1) is 0 Å². The number of aromatic nitrogens is 1. The molecule has 3 aromatic rings. The number of carbonyl (C=O) groups excluding carboxylic acids is 1. The number of halogens is 4. The summed E-state index contributed by atoms with van der Waals surface area (Å²) in [5.74, 6) is -0.227. The first-order valence-corrected chi connectivity index (χ1v) is 12.5. The number of nitrogens with zero attached hydrogens (tertiary/aromatic N) is 3. The van der Waals surface area contributed by atoms with Crippen molar-refractivity contribution in [3.63, 3.8) is 0 Å². The highest BCUT2D eigenvalue weighted by atomic mass is 35.5. The van der Waals surface area contributed by atoms with Crippen molar-refractivity contribution >= 4 is 52.5 Å². The molecule has 2 atom stereocenters. The molecule has 5 rings (SSSR count). The highest BCUT2D eigenvalue weighted by Crippen LogP contribution is 2.49. The fraction of sp³-hybridized carbons (Fsp3) is 0.259. The number of fused-ring (bicyclic) bond motifs is 2. The zero-order chi connectivity index (χ0) is 24.6. The van der Waals surface area contributed by atoms with E-state index < -0.39 is 11.6 Å². The maximum absolute atomic E-state index is 16.0. The quantitative estimate of drug-likeness (QED) is 0.352. The van der Waals surface area contributed by atoms with E-state index in [4.69, 9.17) is 34.8 Å². The van der Waals surface area contributed by atoms with Crippen molar-refractivity contribution < 1.29 is 9.18 Å². The molecule has 1 saturated heterocycles. The summed E-state index contributed by atoms with van der Waals surface area (Å²) in [6.07, 6.45) is 4.97. The number of alkyl halides is 1. The first-order chi connectivity index (χ1) is 16.9. The third-order valence-corrected chi connectivity index (χ3v) is 7.57. The van der Waals surface area contributed by atoms with Crippen molar-refractivity contribution in [1.82, 2.24) is 9.88 Å². The van der Waals surface area contributed by atoms with Crippen LogP contribution in [0.1, 0.15) is 27.9 Å². The molecule has 0 saturated carbocycles. The molecule has 0 radical (unpaired) electrons. The molecule has 0 N–H and O–H groups in total. The minimum absolute atomic E-state index is 0.227. The lowest BCUT2D eigenvalue weighted by Gasteiger charge is -2.42. The van der Waals surface area contributed by atoms with Gasteiger partial charge in [0, 0.05) is 52.5 Å². The summed E-state index contributed by atoms with van der Waals surface area (Å²) < 4.78 is 16.0. The van der Waals surface area contributed by atoms with Gasteiger partial charge in [-0.2, -0.15) is 0 Å². The molecule has 2 aromatic carbocycles. The van der Waals surface area contributed by atoms with Crippen LogP contribution in [0.25, 0.3) is 6.08 Å². The van der Waals surface area contributed by atoms with Gasteiger partial charge < -0.3 is 4.90 Å². The highest BCUT2D eigenvalue weighted by Gasteiger charge is 2.52. The van der Waals surface area contributed by atoms with E-state index in [-0.39, 0.29) is 24.1 Å². The molecule has 3 heterocycles. The second kappa shape index (κ2) is 9.90. The Morgan fingerprint density at radius 3 is 2.60 bits per heavy atom. The predicted molar refractivity (Wildman–Crippen MR) is 140 cm³/mol. The lowest BCUT2D eigenvalue weighted by molar-refractivity contribution is 0.0714. The summed E-state index contributed by atoms with van der Waals surface area (Å²) in [4.78, 5) is 21.1. The number of likely N-dealkylation sites (tertiary alicyclic amines) is 1. The smallest absolute Gasteiger partial charge is 0.258 e. The Hall–Kier alpha value is -2.44. The second-order valence-corrected chi connectivity index (χ2v) is 10.3. The van der Waals surface area contributed by atoms with E-state index in [1.54, 1.807) is 23.1 Å². The zero-order valence-electron chi connectivity index (χ0n) is 18.8. The van der Waals surface area contributed by atoms with E-state index in [1.807, 2.05) is 42.5 Å². The van der Waals surface area contributed by atoms with Crippen molar-refractivity contribution in [2.24, 2.45) is 0 Å². The van der Waals surface area contributed by atoms with Crippen molar-refractivity contribution in [2.45, 2.75) is 18.0 Å². The third kappa shape index (κ3) is 4.83. The molecule has 1 amide bonds. The molecule has 0 aliphatic carbocycles. The molecule has 2 aliphatic rings. The zero-order valence-corrected chi connectivity index (χ0v) is 21.1. The van der Waals surface area contributed by atoms with Crippen LogP contribution in [-0.4, -0.2) is 48.1 Å². The summed E-state index contributed by atoms with van der Waals surface area (Å²) >= 11 is 18.3. The van der Waals surface area contributed by atoms with Gasteiger partial charge in [0.2, 0.25) is 0 Å². The Morgan fingerprint density at radius 2 is 1.86 bits per heavy atom. The molecule has 180 valence electrons. The fourth-order valence-corrected chi connectivity index (χ4v) is 5.51. The molecular formula is C27H23Cl3FN3O. The molecule has 1 fully saturated rings. The van der Waals surface area contributed by atoms with Crippen LogP contribution < -0.4 is 4.90 Å². The van der Waals surface area contributed by atoms with Crippen LogP contribution in [0.15, 0.2) is 66.9 Å². The number of hydrogen-bond acceptors (Lipinski definition) is 3. The number of anilines is 1. The standard InChI is InChI=1S/C27H23Cl3FN3O/c28-20-5-3-18(4-6-20)2-1-12-33-13-10-27(24(31)16-33)17-34(23-8-7-21(29)15-22(23)27)26(35)19-9-11-32-25(30)14-19/h1-9,11,14-15,24H,10,12-13,16-17H2/b2-1+/t24-,27-/m1/s1. The topological polar surface area (TPSA) is 36.4 Å². The highest BCUT2D eigenvalue weighted by molar-refractivity contribution is 6.31. The lowest BCUT2D eigenvalue weighted by Crippen LogP contribution is -2.54. The van der Waals surface area contributed by atoms with Crippen LogP contribution in [0, 0.1) is 0 Å². The summed E-state index contributed by atoms with van der Waals surface area (Å²) in [5, 5.41) is 1.47. The minimum atomic E-state index is -1.16. The first kappa shape index (κ1) is 24.3. The van der Waals surface area contributed by atoms with E-state index >= 15 is 4.39 Å². The number of carbonyl (C=O) groups is 1. The van der Waals surface area contributed by atoms with Crippen LogP contribution in [0.2, 0.25) is 15.2 Å². The average molecular weight is 531 g/mol. The summed E-state index contributed by atoms with van der Waals surface area (Å²) in [6.45, 7) is 1.89. The maximum atomic E-state index is 16.0. The number of piperidine rings is 1. The molecule has 2 aliphatic heterocycles. The predicted octanol–water partition coefficient (Wildman–Crippen LogP) is 6.70. The van der Waals surface area contributed by atoms with E-state index in [1.165, 1.54) is 12.3 Å². The molecule has 0 bridgehead atoms. The fourth-order valence-electron chi connectivity index (χ4n) is 5.03. The van der Waals surface area contributed by atoms with Crippen LogP contribution >= 0.6 is 34.8 Å². The average Bonchev–Trinajstić information content (AvgIpc) is 3.16. The second-order valence-electron chi connectivity index (χ2n) is 9.01. The largest absolute Gasteiger partial charge is 0.307 e. The van der Waals surface area contributed by atoms with Gasteiger partial charge in [0.15, 0.2) is 0 Å². The Labute approximate surface area is 218 Å². The van der Waals surface area contributed by atoms with Gasteiger partial charge in [-0.05, 0) is 66.6 Å². The number of pyridine rings is 1. The Kier molecular flexibility index (Phi) is 6.86. The summed E-state index contributed by atoms with van der Waals surface area (Å²) in [5.41, 5.74) is 2.16. The number of hydrogen-bond donors (Lipinski definition) is 0. The maximum Gasteiger partial charge on any atom is 0.258 e. The molecule has 35 heavy (non-hydrogen) atoms. The molecule has 1 spiro atoms. The third-order valence-electron chi connectivity index (χ3n) is 6.88. The van der Waals surface area contributed by atoms with Gasteiger partial charge in [0.05, 0.1) is 0 Å². The lowest BCUT2D eigenvalue weighted by atomic mass is 9.73.